The minimum atomic E-state index is -1.77. The molecule has 0 saturated carbocycles. The Kier molecular flexibility index (Phi) is 11.0. The molecule has 2 nitrogen and oxygen atoms in total. The summed E-state index contributed by atoms with van der Waals surface area (Å²) in [6, 6.07) is 40.7. The summed E-state index contributed by atoms with van der Waals surface area (Å²) >= 11 is 0.0666. The summed E-state index contributed by atoms with van der Waals surface area (Å²) in [6.07, 6.45) is 4.07. The van der Waals surface area contributed by atoms with Crippen molar-refractivity contribution >= 4 is 49.2 Å². The van der Waals surface area contributed by atoms with Gasteiger partial charge in [-0.25, -0.2) is 0 Å². The van der Waals surface area contributed by atoms with E-state index in [4.69, 9.17) is 4.98 Å². The molecule has 0 unspecified atom stereocenters. The number of nitrogens with zero attached hydrogens (tertiary/aromatic N) is 2. The fraction of sp³-hybridized carbons (Fsp3) is 0.190. The number of benzene rings is 4. The molecule has 4 aromatic carbocycles. The molecule has 5 heteroatoms. The van der Waals surface area contributed by atoms with E-state index in [2.05, 4.69) is 141 Å². The van der Waals surface area contributed by atoms with Crippen LogP contribution in [0.25, 0.3) is 53.8 Å². The second-order valence-corrected chi connectivity index (χ2v) is 24.9. The number of hydrogen-bond acceptors (Lipinski definition) is 3. The normalized spacial score (nSPS) is 11.3. The first-order valence-corrected chi connectivity index (χ1v) is 24.1. The fourth-order valence-corrected chi connectivity index (χ4v) is 10.9. The van der Waals surface area contributed by atoms with Crippen LogP contribution in [0.15, 0.2) is 109 Å². The van der Waals surface area contributed by atoms with Crippen LogP contribution >= 0.6 is 11.3 Å². The van der Waals surface area contributed by atoms with Crippen LogP contribution in [-0.4, -0.2) is 23.2 Å². The Bertz CT molecular complexity index is 2130. The predicted molar refractivity (Wildman–Crippen MR) is 202 cm³/mol. The second kappa shape index (κ2) is 14.8. The van der Waals surface area contributed by atoms with Gasteiger partial charge in [-0.3, -0.25) is 0 Å². The second-order valence-electron chi connectivity index (χ2n) is 13.3. The third kappa shape index (κ3) is 7.68. The standard InChI is InChI=1S/C27H22NS.C15H18GeN.Ir/c1-17(2)24-15-25(28-16-18(24)3)23-11-7-10-22-21-13-12-20(14-26(21)29-27(22)23)19-8-5-4-6-9-19;1-12-10-15(13-8-6-5-7-9-13)17-11-14(12)16(2,3)4;/h4-10,12-17H,1-3H3;5-8,10-11H,1-4H3;/q2*-1;. The number of aromatic nitrogens is 2. The van der Waals surface area contributed by atoms with E-state index in [1.165, 1.54) is 52.4 Å². The molecule has 0 atom stereocenters. The Labute approximate surface area is 300 Å². The zero-order chi connectivity index (χ0) is 32.4. The molecular formula is C42H40GeIrN2S-2. The molecule has 1 radical (unpaired) electrons. The molecule has 3 heterocycles. The molecule has 0 N–H and O–H groups in total. The average Bonchev–Trinajstić information content (AvgIpc) is 3.44. The molecule has 0 saturated heterocycles. The molecule has 0 aliphatic rings. The van der Waals surface area contributed by atoms with Crippen molar-refractivity contribution in [3.63, 3.8) is 0 Å². The quantitative estimate of drug-likeness (QED) is 0.127. The van der Waals surface area contributed by atoms with Gasteiger partial charge in [-0.1, -0.05) is 67.8 Å². The first-order chi connectivity index (χ1) is 22.1. The molecule has 0 aliphatic carbocycles. The summed E-state index contributed by atoms with van der Waals surface area (Å²) in [7, 11) is 0. The van der Waals surface area contributed by atoms with Gasteiger partial charge in [-0.05, 0) is 56.9 Å². The average molecular weight is 870 g/mol. The van der Waals surface area contributed by atoms with Crippen LogP contribution in [-0.2, 0) is 20.1 Å². The Morgan fingerprint density at radius 3 is 2.11 bits per heavy atom. The van der Waals surface area contributed by atoms with Gasteiger partial charge in [0, 0.05) is 31.0 Å². The molecule has 239 valence electrons. The smallest absolute Gasteiger partial charge is 0.0245 e. The van der Waals surface area contributed by atoms with E-state index in [0.29, 0.717) is 5.92 Å². The summed E-state index contributed by atoms with van der Waals surface area (Å²) in [5, 5.41) is 2.59. The third-order valence-corrected chi connectivity index (χ3v) is 14.1. The molecule has 0 spiro atoms. The predicted octanol–water partition coefficient (Wildman–Crippen LogP) is 11.4. The Balaban J connectivity index is 0.000000207. The Morgan fingerprint density at radius 2 is 1.43 bits per heavy atom. The summed E-state index contributed by atoms with van der Waals surface area (Å²) in [6.45, 7) is 8.81. The summed E-state index contributed by atoms with van der Waals surface area (Å²) in [5.74, 6) is 7.68. The largest absolute Gasteiger partial charge is 0.304 e. The van der Waals surface area contributed by atoms with E-state index in [0.717, 1.165) is 22.5 Å². The number of aryl methyl sites for hydroxylation is 2. The summed E-state index contributed by atoms with van der Waals surface area (Å²) in [4.78, 5) is 9.34. The minimum absolute atomic E-state index is 0. The van der Waals surface area contributed by atoms with Crippen LogP contribution in [0.4, 0.5) is 0 Å². The van der Waals surface area contributed by atoms with E-state index < -0.39 is 13.3 Å². The van der Waals surface area contributed by atoms with Crippen LogP contribution in [0, 0.1) is 26.0 Å². The molecule has 0 bridgehead atoms. The van der Waals surface area contributed by atoms with Crippen LogP contribution in [0.3, 0.4) is 0 Å². The van der Waals surface area contributed by atoms with Gasteiger partial charge in [0.2, 0.25) is 0 Å². The SMILES string of the molecule is Cc1cc(-c2[c-]cccc2)nc[c]1[Ge]([CH3])([CH3])[CH3].Cc1cnc(-c2[c-]ccc3c2sc2cc(-c4ccccc4)ccc23)cc1C(C)C.[Ir]. The van der Waals surface area contributed by atoms with Crippen molar-refractivity contribution in [2.75, 3.05) is 0 Å². The number of hydrogen-bond donors (Lipinski definition) is 0. The van der Waals surface area contributed by atoms with Crippen molar-refractivity contribution in [2.45, 2.75) is 50.9 Å². The maximum Gasteiger partial charge on any atom is 0.0245 e. The molecule has 7 aromatic rings. The molecule has 7 rings (SSSR count). The van der Waals surface area contributed by atoms with Gasteiger partial charge in [-0.15, -0.1) is 23.8 Å². The van der Waals surface area contributed by atoms with Gasteiger partial charge in [-0.2, -0.15) is 11.3 Å². The van der Waals surface area contributed by atoms with E-state index >= 15 is 0 Å². The molecule has 0 aliphatic heterocycles. The monoisotopic (exact) mass is 871 g/mol. The molecule has 3 aromatic heterocycles. The van der Waals surface area contributed by atoms with Gasteiger partial charge in [0.05, 0.1) is 0 Å². The van der Waals surface area contributed by atoms with Gasteiger partial charge in [0.1, 0.15) is 0 Å². The molecule has 47 heavy (non-hydrogen) atoms. The van der Waals surface area contributed by atoms with Crippen LogP contribution < -0.4 is 4.40 Å². The fourth-order valence-electron chi connectivity index (χ4n) is 6.08. The number of pyridine rings is 2. The number of thiophene rings is 1. The first kappa shape index (κ1) is 34.9. The summed E-state index contributed by atoms with van der Waals surface area (Å²) in [5.41, 5.74) is 10.7. The van der Waals surface area contributed by atoms with E-state index in [9.17, 15) is 0 Å². The van der Waals surface area contributed by atoms with E-state index in [-0.39, 0.29) is 20.1 Å². The van der Waals surface area contributed by atoms with Crippen LogP contribution in [0.2, 0.25) is 17.3 Å². The van der Waals surface area contributed by atoms with E-state index in [1.807, 2.05) is 41.8 Å². The molecule has 0 fully saturated rings. The van der Waals surface area contributed by atoms with Gasteiger partial charge in [0.15, 0.2) is 0 Å². The van der Waals surface area contributed by atoms with Gasteiger partial charge in [0.25, 0.3) is 0 Å². The van der Waals surface area contributed by atoms with Crippen molar-refractivity contribution in [1.82, 2.24) is 9.97 Å². The zero-order valence-electron chi connectivity index (χ0n) is 28.1. The topological polar surface area (TPSA) is 25.8 Å². The van der Waals surface area contributed by atoms with Gasteiger partial charge >= 0.3 is 106 Å². The maximum absolute atomic E-state index is 4.75. The number of rotatable bonds is 5. The molecule has 0 amide bonds. The minimum Gasteiger partial charge on any atom is -0.304 e. The Hall–Kier alpha value is -3.41. The van der Waals surface area contributed by atoms with Crippen molar-refractivity contribution in [2.24, 2.45) is 0 Å². The van der Waals surface area contributed by atoms with Crippen LogP contribution in [0.5, 0.6) is 0 Å². The maximum atomic E-state index is 4.75. The van der Waals surface area contributed by atoms with Crippen molar-refractivity contribution in [3.05, 3.63) is 138 Å². The Morgan fingerprint density at radius 1 is 0.681 bits per heavy atom. The summed E-state index contributed by atoms with van der Waals surface area (Å²) < 4.78 is 4.06. The van der Waals surface area contributed by atoms with E-state index in [1.54, 1.807) is 0 Å². The van der Waals surface area contributed by atoms with Gasteiger partial charge < -0.3 is 4.98 Å². The first-order valence-electron chi connectivity index (χ1n) is 15.9. The third-order valence-electron chi connectivity index (χ3n) is 8.47. The van der Waals surface area contributed by atoms with Crippen molar-refractivity contribution < 1.29 is 20.1 Å². The zero-order valence-corrected chi connectivity index (χ0v) is 33.4. The molecular weight excluding hydrogens is 829 g/mol. The van der Waals surface area contributed by atoms with Crippen LogP contribution in [0.1, 0.15) is 36.5 Å². The van der Waals surface area contributed by atoms with Crippen molar-refractivity contribution in [3.8, 4) is 33.6 Å². The van der Waals surface area contributed by atoms with Crippen molar-refractivity contribution in [1.29, 1.82) is 0 Å². The number of fused-ring (bicyclic) bond motifs is 3.